The molecule has 1 N–H and O–H groups in total. The second kappa shape index (κ2) is 7.45. The van der Waals surface area contributed by atoms with Crippen molar-refractivity contribution in [3.63, 3.8) is 0 Å². The zero-order valence-corrected chi connectivity index (χ0v) is 14.2. The largest absolute Gasteiger partial charge is 0.352 e. The third kappa shape index (κ3) is 4.58. The SMILES string of the molecule is CC(C)CNCc1ccnc(N2CC(C)SC(C)C2)c1F. The van der Waals surface area contributed by atoms with E-state index in [0.717, 1.165) is 19.6 Å². The van der Waals surface area contributed by atoms with Gasteiger partial charge < -0.3 is 10.2 Å². The van der Waals surface area contributed by atoms with E-state index < -0.39 is 0 Å². The molecule has 1 saturated heterocycles. The molecule has 118 valence electrons. The lowest BCUT2D eigenvalue weighted by molar-refractivity contribution is 0.531. The number of pyridine rings is 1. The van der Waals surface area contributed by atoms with Gasteiger partial charge in [-0.15, -0.1) is 0 Å². The van der Waals surface area contributed by atoms with Gasteiger partial charge in [0.05, 0.1) is 0 Å². The summed E-state index contributed by atoms with van der Waals surface area (Å²) >= 11 is 1.96. The van der Waals surface area contributed by atoms with Gasteiger partial charge >= 0.3 is 0 Å². The highest BCUT2D eigenvalue weighted by atomic mass is 32.2. The van der Waals surface area contributed by atoms with Gasteiger partial charge in [-0.3, -0.25) is 0 Å². The number of aromatic nitrogens is 1. The van der Waals surface area contributed by atoms with E-state index in [0.29, 0.717) is 34.3 Å². The average Bonchev–Trinajstić information content (AvgIpc) is 2.39. The minimum absolute atomic E-state index is 0.167. The van der Waals surface area contributed by atoms with Gasteiger partial charge in [-0.25, -0.2) is 9.37 Å². The highest BCUT2D eigenvalue weighted by Crippen LogP contribution is 2.29. The Bertz CT molecular complexity index is 457. The quantitative estimate of drug-likeness (QED) is 0.903. The molecule has 1 fully saturated rings. The van der Waals surface area contributed by atoms with E-state index in [1.54, 1.807) is 12.3 Å². The molecule has 0 bridgehead atoms. The third-order valence-corrected chi connectivity index (χ3v) is 4.77. The van der Waals surface area contributed by atoms with E-state index in [-0.39, 0.29) is 5.82 Å². The summed E-state index contributed by atoms with van der Waals surface area (Å²) in [5, 5.41) is 4.32. The standard InChI is InChI=1S/C16H26FN3S/c1-11(2)7-18-8-14-5-6-19-16(15(14)17)20-9-12(3)21-13(4)10-20/h5-6,11-13,18H,7-10H2,1-4H3. The van der Waals surface area contributed by atoms with E-state index in [4.69, 9.17) is 0 Å². The molecule has 2 rings (SSSR count). The number of nitrogens with zero attached hydrogens (tertiary/aromatic N) is 2. The van der Waals surface area contributed by atoms with Crippen LogP contribution in [0.25, 0.3) is 0 Å². The number of nitrogens with one attached hydrogen (secondary N) is 1. The first-order chi connectivity index (χ1) is 9.97. The summed E-state index contributed by atoms with van der Waals surface area (Å²) in [5.41, 5.74) is 0.708. The van der Waals surface area contributed by atoms with Crippen molar-refractivity contribution in [3.05, 3.63) is 23.6 Å². The molecule has 0 saturated carbocycles. The maximum atomic E-state index is 14.7. The number of halogens is 1. The first-order valence-electron chi connectivity index (χ1n) is 7.72. The van der Waals surface area contributed by atoms with Gasteiger partial charge in [-0.1, -0.05) is 27.7 Å². The number of thioether (sulfide) groups is 1. The number of hydrogen-bond donors (Lipinski definition) is 1. The average molecular weight is 311 g/mol. The molecule has 0 aliphatic carbocycles. The van der Waals surface area contributed by atoms with Crippen LogP contribution < -0.4 is 10.2 Å². The molecule has 1 aliphatic rings. The summed E-state index contributed by atoms with van der Waals surface area (Å²) in [6.45, 7) is 11.9. The number of anilines is 1. The summed E-state index contributed by atoms with van der Waals surface area (Å²) < 4.78 is 14.7. The minimum Gasteiger partial charge on any atom is -0.352 e. The minimum atomic E-state index is -0.167. The van der Waals surface area contributed by atoms with Crippen molar-refractivity contribution >= 4 is 17.6 Å². The third-order valence-electron chi connectivity index (χ3n) is 3.54. The fraction of sp³-hybridized carbons (Fsp3) is 0.688. The van der Waals surface area contributed by atoms with Crippen LogP contribution in [0.1, 0.15) is 33.3 Å². The lowest BCUT2D eigenvalue weighted by Crippen LogP contribution is -2.41. The Balaban J connectivity index is 2.09. The van der Waals surface area contributed by atoms with E-state index in [2.05, 4.69) is 42.9 Å². The Labute approximate surface area is 131 Å². The first-order valence-corrected chi connectivity index (χ1v) is 8.66. The van der Waals surface area contributed by atoms with Gasteiger partial charge in [0, 0.05) is 41.9 Å². The van der Waals surface area contributed by atoms with Crippen LogP contribution in [0.3, 0.4) is 0 Å². The van der Waals surface area contributed by atoms with Gasteiger partial charge in [0.2, 0.25) is 0 Å². The molecule has 0 amide bonds. The molecule has 21 heavy (non-hydrogen) atoms. The van der Waals surface area contributed by atoms with Crippen LogP contribution >= 0.6 is 11.8 Å². The molecular formula is C16H26FN3S. The van der Waals surface area contributed by atoms with Crippen molar-refractivity contribution in [2.75, 3.05) is 24.5 Å². The van der Waals surface area contributed by atoms with Crippen LogP contribution in [-0.2, 0) is 6.54 Å². The predicted molar refractivity (Wildman–Crippen MR) is 89.5 cm³/mol. The van der Waals surface area contributed by atoms with E-state index in [9.17, 15) is 4.39 Å². The van der Waals surface area contributed by atoms with Gasteiger partial charge in [0.15, 0.2) is 11.6 Å². The van der Waals surface area contributed by atoms with Crippen molar-refractivity contribution in [1.29, 1.82) is 0 Å². The zero-order valence-electron chi connectivity index (χ0n) is 13.4. The number of hydrogen-bond acceptors (Lipinski definition) is 4. The van der Waals surface area contributed by atoms with Crippen LogP contribution in [-0.4, -0.2) is 35.1 Å². The first kappa shape index (κ1) is 16.6. The molecule has 0 spiro atoms. The summed E-state index contributed by atoms with van der Waals surface area (Å²) in [4.78, 5) is 6.38. The Morgan fingerprint density at radius 1 is 1.38 bits per heavy atom. The Kier molecular flexibility index (Phi) is 5.88. The fourth-order valence-corrected chi connectivity index (χ4v) is 4.00. The molecule has 5 heteroatoms. The van der Waals surface area contributed by atoms with Crippen LogP contribution in [0.4, 0.5) is 10.2 Å². The fourth-order valence-electron chi connectivity index (χ4n) is 2.67. The Morgan fingerprint density at radius 2 is 2.05 bits per heavy atom. The lowest BCUT2D eigenvalue weighted by Gasteiger charge is -2.35. The van der Waals surface area contributed by atoms with E-state index >= 15 is 0 Å². The van der Waals surface area contributed by atoms with Crippen LogP contribution in [0.2, 0.25) is 0 Å². The molecule has 1 aliphatic heterocycles. The van der Waals surface area contributed by atoms with Crippen LogP contribution in [0.15, 0.2) is 12.3 Å². The van der Waals surface area contributed by atoms with E-state index in [1.165, 1.54) is 0 Å². The van der Waals surface area contributed by atoms with Crippen molar-refractivity contribution in [2.24, 2.45) is 5.92 Å². The van der Waals surface area contributed by atoms with Gasteiger partial charge in [-0.05, 0) is 18.5 Å². The van der Waals surface area contributed by atoms with Crippen molar-refractivity contribution in [2.45, 2.75) is 44.7 Å². The predicted octanol–water partition coefficient (Wildman–Crippen LogP) is 3.30. The second-order valence-electron chi connectivity index (χ2n) is 6.29. The van der Waals surface area contributed by atoms with Crippen LogP contribution in [0.5, 0.6) is 0 Å². The maximum absolute atomic E-state index is 14.7. The summed E-state index contributed by atoms with van der Waals surface area (Å²) in [7, 11) is 0. The lowest BCUT2D eigenvalue weighted by atomic mass is 10.2. The smallest absolute Gasteiger partial charge is 0.170 e. The number of rotatable bonds is 5. The van der Waals surface area contributed by atoms with Crippen LogP contribution in [0, 0.1) is 11.7 Å². The van der Waals surface area contributed by atoms with Crippen molar-refractivity contribution in [1.82, 2.24) is 10.3 Å². The normalized spacial score (nSPS) is 22.9. The summed E-state index contributed by atoms with van der Waals surface area (Å²) in [5.74, 6) is 0.910. The Morgan fingerprint density at radius 3 is 2.67 bits per heavy atom. The molecule has 3 nitrogen and oxygen atoms in total. The molecule has 0 aromatic carbocycles. The summed E-state index contributed by atoms with van der Waals surface area (Å²) in [6.07, 6.45) is 1.72. The molecule has 2 atom stereocenters. The van der Waals surface area contributed by atoms with Crippen molar-refractivity contribution < 1.29 is 4.39 Å². The molecule has 2 heterocycles. The zero-order chi connectivity index (χ0) is 15.4. The molecule has 1 aromatic rings. The van der Waals surface area contributed by atoms with Gasteiger partial charge in [0.25, 0.3) is 0 Å². The molecule has 0 radical (unpaired) electrons. The second-order valence-corrected chi connectivity index (χ2v) is 8.18. The van der Waals surface area contributed by atoms with E-state index in [1.807, 2.05) is 11.8 Å². The topological polar surface area (TPSA) is 28.2 Å². The monoisotopic (exact) mass is 311 g/mol. The highest BCUT2D eigenvalue weighted by molar-refractivity contribution is 8.00. The summed E-state index contributed by atoms with van der Waals surface area (Å²) in [6, 6.07) is 1.78. The van der Waals surface area contributed by atoms with Crippen molar-refractivity contribution in [3.8, 4) is 0 Å². The van der Waals surface area contributed by atoms with Gasteiger partial charge in [-0.2, -0.15) is 11.8 Å². The Hall–Kier alpha value is -0.810. The van der Waals surface area contributed by atoms with Gasteiger partial charge in [0.1, 0.15) is 0 Å². The molecular weight excluding hydrogens is 285 g/mol. The maximum Gasteiger partial charge on any atom is 0.170 e. The highest BCUT2D eigenvalue weighted by Gasteiger charge is 2.25. The molecule has 1 aromatic heterocycles. The molecule has 2 unspecified atom stereocenters.